The molecule has 128 valence electrons. The van der Waals surface area contributed by atoms with Crippen LogP contribution < -0.4 is 10.5 Å². The highest BCUT2D eigenvalue weighted by molar-refractivity contribution is 5.54. The van der Waals surface area contributed by atoms with Gasteiger partial charge in [0.15, 0.2) is 5.82 Å². The molecule has 1 aliphatic carbocycles. The van der Waals surface area contributed by atoms with Crippen LogP contribution in [0, 0.1) is 6.92 Å². The Morgan fingerprint density at radius 3 is 2.84 bits per heavy atom. The van der Waals surface area contributed by atoms with Gasteiger partial charge in [0.25, 0.3) is 5.89 Å². The Morgan fingerprint density at radius 2 is 2.12 bits per heavy atom. The molecule has 2 heterocycles. The summed E-state index contributed by atoms with van der Waals surface area (Å²) in [6.45, 7) is 2.39. The number of pyridine rings is 1. The monoisotopic (exact) mass is 336 g/mol. The summed E-state index contributed by atoms with van der Waals surface area (Å²) in [4.78, 5) is 8.72. The van der Waals surface area contributed by atoms with Gasteiger partial charge >= 0.3 is 0 Å². The van der Waals surface area contributed by atoms with Gasteiger partial charge in [-0.05, 0) is 56.0 Å². The van der Waals surface area contributed by atoms with Crippen molar-refractivity contribution in [1.29, 1.82) is 0 Å². The first kappa shape index (κ1) is 15.8. The van der Waals surface area contributed by atoms with Crippen molar-refractivity contribution in [3.8, 4) is 17.2 Å². The zero-order valence-corrected chi connectivity index (χ0v) is 14.1. The highest BCUT2D eigenvalue weighted by Crippen LogP contribution is 2.37. The normalized spacial score (nSPS) is 15.6. The predicted octanol–water partition coefficient (Wildman–Crippen LogP) is 3.36. The molecule has 0 unspecified atom stereocenters. The third-order valence-corrected chi connectivity index (χ3v) is 4.58. The largest absolute Gasteiger partial charge is 0.487 e. The molecule has 3 aromatic rings. The summed E-state index contributed by atoms with van der Waals surface area (Å²) in [5.41, 5.74) is 8.69. The minimum Gasteiger partial charge on any atom is -0.487 e. The van der Waals surface area contributed by atoms with Crippen LogP contribution in [-0.4, -0.2) is 15.1 Å². The van der Waals surface area contributed by atoms with E-state index in [-0.39, 0.29) is 0 Å². The Kier molecular flexibility index (Phi) is 3.97. The third kappa shape index (κ3) is 3.25. The molecule has 25 heavy (non-hydrogen) atoms. The molecule has 0 spiro atoms. The average Bonchev–Trinajstić information content (AvgIpc) is 3.10. The van der Waals surface area contributed by atoms with E-state index in [1.165, 1.54) is 0 Å². The quantitative estimate of drug-likeness (QED) is 0.769. The van der Waals surface area contributed by atoms with Gasteiger partial charge in [-0.25, -0.2) is 0 Å². The third-order valence-electron chi connectivity index (χ3n) is 4.58. The van der Waals surface area contributed by atoms with E-state index < -0.39 is 5.54 Å². The molecule has 0 saturated heterocycles. The van der Waals surface area contributed by atoms with Crippen LogP contribution in [-0.2, 0) is 12.1 Å². The predicted molar refractivity (Wildman–Crippen MR) is 92.8 cm³/mol. The molecule has 0 atom stereocenters. The first-order valence-corrected chi connectivity index (χ1v) is 8.40. The van der Waals surface area contributed by atoms with Crippen LogP contribution in [0.5, 0.6) is 5.75 Å². The lowest BCUT2D eigenvalue weighted by Gasteiger charge is -2.34. The second kappa shape index (κ2) is 6.29. The zero-order valence-electron chi connectivity index (χ0n) is 14.1. The number of hydrogen-bond donors (Lipinski definition) is 1. The molecule has 0 radical (unpaired) electrons. The topological polar surface area (TPSA) is 87.1 Å². The Morgan fingerprint density at radius 1 is 1.24 bits per heavy atom. The summed E-state index contributed by atoms with van der Waals surface area (Å²) in [6, 6.07) is 11.7. The van der Waals surface area contributed by atoms with Crippen molar-refractivity contribution >= 4 is 0 Å². The van der Waals surface area contributed by atoms with Gasteiger partial charge in [0, 0.05) is 11.3 Å². The highest BCUT2D eigenvalue weighted by Gasteiger charge is 2.39. The number of nitrogens with two attached hydrogens (primary N) is 1. The fourth-order valence-corrected chi connectivity index (χ4v) is 2.82. The van der Waals surface area contributed by atoms with Gasteiger partial charge in [-0.1, -0.05) is 17.3 Å². The van der Waals surface area contributed by atoms with Gasteiger partial charge < -0.3 is 15.0 Å². The summed E-state index contributed by atoms with van der Waals surface area (Å²) in [5.74, 6) is 1.83. The van der Waals surface area contributed by atoms with E-state index in [2.05, 4.69) is 15.1 Å². The molecular weight excluding hydrogens is 316 g/mol. The van der Waals surface area contributed by atoms with Crippen LogP contribution in [0.1, 0.15) is 36.3 Å². The summed E-state index contributed by atoms with van der Waals surface area (Å²) in [7, 11) is 0. The fraction of sp³-hybridized carbons (Fsp3) is 0.316. The van der Waals surface area contributed by atoms with Gasteiger partial charge in [-0.15, -0.1) is 0 Å². The standard InChI is InChI=1S/C19H20N4O2/c1-13-6-7-16(11-21-13)24-12-14-4-2-5-15(10-14)17-22-18(23-25-17)19(20)8-3-9-19/h2,4-7,10-11H,3,8-9,12,20H2,1H3. The van der Waals surface area contributed by atoms with Crippen molar-refractivity contribution in [2.75, 3.05) is 0 Å². The van der Waals surface area contributed by atoms with Crippen molar-refractivity contribution in [3.05, 3.63) is 59.7 Å². The molecule has 1 fully saturated rings. The molecule has 6 nitrogen and oxygen atoms in total. The van der Waals surface area contributed by atoms with Gasteiger partial charge in [-0.3, -0.25) is 4.98 Å². The Labute approximate surface area is 146 Å². The van der Waals surface area contributed by atoms with Gasteiger partial charge in [-0.2, -0.15) is 4.98 Å². The summed E-state index contributed by atoms with van der Waals surface area (Å²) in [5, 5.41) is 4.07. The second-order valence-corrected chi connectivity index (χ2v) is 6.56. The van der Waals surface area contributed by atoms with Gasteiger partial charge in [0.05, 0.1) is 11.7 Å². The van der Waals surface area contributed by atoms with Crippen LogP contribution >= 0.6 is 0 Å². The number of nitrogens with zero attached hydrogens (tertiary/aromatic N) is 3. The summed E-state index contributed by atoms with van der Waals surface area (Å²) < 4.78 is 11.2. The number of ether oxygens (including phenoxy) is 1. The lowest BCUT2D eigenvalue weighted by molar-refractivity contribution is 0.229. The number of aryl methyl sites for hydroxylation is 1. The lowest BCUT2D eigenvalue weighted by Crippen LogP contribution is -2.44. The van der Waals surface area contributed by atoms with E-state index >= 15 is 0 Å². The number of rotatable bonds is 5. The summed E-state index contributed by atoms with van der Waals surface area (Å²) in [6.07, 6.45) is 4.65. The van der Waals surface area contributed by atoms with Crippen LogP contribution in [0.25, 0.3) is 11.5 Å². The van der Waals surface area contributed by atoms with E-state index in [0.29, 0.717) is 18.3 Å². The van der Waals surface area contributed by atoms with E-state index in [1.54, 1.807) is 6.20 Å². The van der Waals surface area contributed by atoms with Crippen molar-refractivity contribution in [2.45, 2.75) is 38.3 Å². The Hall–Kier alpha value is -2.73. The smallest absolute Gasteiger partial charge is 0.258 e. The molecule has 0 aliphatic heterocycles. The maximum atomic E-state index is 6.26. The number of hydrogen-bond acceptors (Lipinski definition) is 6. The van der Waals surface area contributed by atoms with Gasteiger partial charge in [0.2, 0.25) is 0 Å². The van der Waals surface area contributed by atoms with E-state index in [4.69, 9.17) is 15.0 Å². The molecule has 1 aromatic carbocycles. The maximum absolute atomic E-state index is 6.26. The average molecular weight is 336 g/mol. The zero-order chi connectivity index (χ0) is 17.3. The Balaban J connectivity index is 1.48. The van der Waals surface area contributed by atoms with Crippen LogP contribution in [0.15, 0.2) is 47.1 Å². The second-order valence-electron chi connectivity index (χ2n) is 6.56. The molecule has 1 saturated carbocycles. The minimum atomic E-state index is -0.416. The lowest BCUT2D eigenvalue weighted by atomic mass is 9.77. The van der Waals surface area contributed by atoms with Crippen molar-refractivity contribution < 1.29 is 9.26 Å². The molecule has 0 bridgehead atoms. The number of aromatic nitrogens is 3. The van der Waals surface area contributed by atoms with E-state index in [0.717, 1.165) is 41.8 Å². The maximum Gasteiger partial charge on any atom is 0.258 e. The number of benzene rings is 1. The van der Waals surface area contributed by atoms with Crippen molar-refractivity contribution in [1.82, 2.24) is 15.1 Å². The molecule has 2 aromatic heterocycles. The van der Waals surface area contributed by atoms with Crippen molar-refractivity contribution in [3.63, 3.8) is 0 Å². The van der Waals surface area contributed by atoms with Crippen LogP contribution in [0.2, 0.25) is 0 Å². The fourth-order valence-electron chi connectivity index (χ4n) is 2.82. The van der Waals surface area contributed by atoms with Crippen molar-refractivity contribution in [2.24, 2.45) is 5.73 Å². The van der Waals surface area contributed by atoms with E-state index in [9.17, 15) is 0 Å². The molecule has 0 amide bonds. The highest BCUT2D eigenvalue weighted by atomic mass is 16.5. The van der Waals surface area contributed by atoms with E-state index in [1.807, 2.05) is 43.3 Å². The first-order chi connectivity index (χ1) is 12.1. The SMILES string of the molecule is Cc1ccc(OCc2cccc(-c3nc(C4(N)CCC4)no3)c2)cn1. The molecule has 6 heteroatoms. The van der Waals surface area contributed by atoms with Crippen LogP contribution in [0.4, 0.5) is 0 Å². The van der Waals surface area contributed by atoms with Gasteiger partial charge in [0.1, 0.15) is 12.4 Å². The minimum absolute atomic E-state index is 0.416. The molecular formula is C19H20N4O2. The molecule has 4 rings (SSSR count). The Bertz CT molecular complexity index is 869. The molecule has 2 N–H and O–H groups in total. The van der Waals surface area contributed by atoms with Crippen LogP contribution in [0.3, 0.4) is 0 Å². The molecule has 1 aliphatic rings. The summed E-state index contributed by atoms with van der Waals surface area (Å²) >= 11 is 0. The first-order valence-electron chi connectivity index (χ1n) is 8.40.